The first-order chi connectivity index (χ1) is 17.6. The Hall–Kier alpha value is -3.21. The van der Waals surface area contributed by atoms with Crippen LogP contribution in [-0.2, 0) is 22.4 Å². The summed E-state index contributed by atoms with van der Waals surface area (Å²) in [5, 5.41) is 10.9. The Balaban J connectivity index is 1.17. The molecule has 1 amide bonds. The minimum Gasteiger partial charge on any atom is -0.387 e. The van der Waals surface area contributed by atoms with E-state index < -0.39 is 11.9 Å². The Kier molecular flexibility index (Phi) is 6.82. The van der Waals surface area contributed by atoms with Crippen molar-refractivity contribution in [3.05, 3.63) is 68.4 Å². The zero-order chi connectivity index (χ0) is 26.3. The van der Waals surface area contributed by atoms with Gasteiger partial charge in [-0.05, 0) is 50.8 Å². The minimum atomic E-state index is -4.53. The fourth-order valence-electron chi connectivity index (χ4n) is 5.04. The van der Waals surface area contributed by atoms with E-state index in [0.29, 0.717) is 25.2 Å². The number of alkyl halides is 3. The van der Waals surface area contributed by atoms with Gasteiger partial charge >= 0.3 is 6.18 Å². The fraction of sp³-hybridized carbons (Fsp3) is 0.462. The molecule has 2 aliphatic rings. The Bertz CT molecular complexity index is 1320. The molecular formula is C26H28F3N5O2S. The highest BCUT2D eigenvalue weighted by Gasteiger charge is 2.35. The molecule has 4 heterocycles. The van der Waals surface area contributed by atoms with Crippen LogP contribution in [0.3, 0.4) is 0 Å². The predicted molar refractivity (Wildman–Crippen MR) is 134 cm³/mol. The second-order valence-electron chi connectivity index (χ2n) is 9.69. The number of thiazole rings is 1. The number of piperidine rings is 1. The van der Waals surface area contributed by atoms with Crippen molar-refractivity contribution >= 4 is 23.0 Å². The zero-order valence-corrected chi connectivity index (χ0v) is 21.7. The van der Waals surface area contributed by atoms with E-state index in [9.17, 15) is 18.0 Å². The number of carbonyl (C=O) groups is 1. The maximum Gasteiger partial charge on any atom is 0.435 e. The Morgan fingerprint density at radius 1 is 1.16 bits per heavy atom. The molecule has 2 aliphatic heterocycles. The van der Waals surface area contributed by atoms with Crippen LogP contribution in [0.25, 0.3) is 0 Å². The van der Waals surface area contributed by atoms with Crippen LogP contribution in [0.4, 0.5) is 13.2 Å². The molecule has 1 atom stereocenters. The van der Waals surface area contributed by atoms with Crippen molar-refractivity contribution in [3.63, 3.8) is 0 Å². The average Bonchev–Trinajstić information content (AvgIpc) is 3.59. The predicted octanol–water partition coefficient (Wildman–Crippen LogP) is 5.56. The highest BCUT2D eigenvalue weighted by atomic mass is 32.1. The van der Waals surface area contributed by atoms with Gasteiger partial charge in [-0.15, -0.1) is 11.3 Å². The van der Waals surface area contributed by atoms with Gasteiger partial charge in [-0.2, -0.15) is 18.3 Å². The summed E-state index contributed by atoms with van der Waals surface area (Å²) in [6, 6.07) is 7.16. The minimum absolute atomic E-state index is 0.110. The summed E-state index contributed by atoms with van der Waals surface area (Å²) in [5.41, 5.74) is 4.56. The summed E-state index contributed by atoms with van der Waals surface area (Å²) in [6.07, 6.45) is -2.47. The quantitative estimate of drug-likeness (QED) is 0.433. The number of carbonyl (C=O) groups excluding carboxylic acids is 1. The van der Waals surface area contributed by atoms with Crippen LogP contribution in [0.2, 0.25) is 0 Å². The molecule has 0 saturated carbocycles. The number of aromatic nitrogens is 3. The number of benzene rings is 1. The van der Waals surface area contributed by atoms with Crippen LogP contribution in [0.5, 0.6) is 0 Å². The third-order valence-corrected chi connectivity index (χ3v) is 8.11. The second-order valence-corrected chi connectivity index (χ2v) is 10.6. The van der Waals surface area contributed by atoms with Crippen LogP contribution >= 0.6 is 11.3 Å². The maximum atomic E-state index is 12.9. The van der Waals surface area contributed by atoms with Crippen molar-refractivity contribution < 1.29 is 22.8 Å². The molecule has 1 aromatic carbocycles. The van der Waals surface area contributed by atoms with Gasteiger partial charge in [0.25, 0.3) is 0 Å². The number of oxime groups is 1. The summed E-state index contributed by atoms with van der Waals surface area (Å²) in [4.78, 5) is 25.1. The largest absolute Gasteiger partial charge is 0.435 e. The Morgan fingerprint density at radius 2 is 1.86 bits per heavy atom. The van der Waals surface area contributed by atoms with Gasteiger partial charge in [-0.1, -0.05) is 23.4 Å². The molecule has 0 bridgehead atoms. The lowest BCUT2D eigenvalue weighted by Crippen LogP contribution is -2.40. The van der Waals surface area contributed by atoms with Gasteiger partial charge in [0, 0.05) is 42.1 Å². The molecule has 0 aliphatic carbocycles. The van der Waals surface area contributed by atoms with Gasteiger partial charge in [-0.25, -0.2) is 4.98 Å². The molecule has 1 unspecified atom stereocenters. The van der Waals surface area contributed by atoms with Crippen LogP contribution in [-0.4, -0.2) is 44.4 Å². The van der Waals surface area contributed by atoms with E-state index in [-0.39, 0.29) is 24.5 Å². The van der Waals surface area contributed by atoms with Crippen LogP contribution in [0.1, 0.15) is 70.1 Å². The molecule has 0 radical (unpaired) electrons. The lowest BCUT2D eigenvalue weighted by molar-refractivity contribution is -0.142. The summed E-state index contributed by atoms with van der Waals surface area (Å²) >= 11 is 1.59. The van der Waals surface area contributed by atoms with Crippen molar-refractivity contribution in [2.24, 2.45) is 5.16 Å². The number of rotatable bonds is 5. The van der Waals surface area contributed by atoms with E-state index in [1.807, 2.05) is 11.4 Å². The van der Waals surface area contributed by atoms with Crippen LogP contribution in [0.15, 0.2) is 34.8 Å². The smallest absolute Gasteiger partial charge is 0.387 e. The summed E-state index contributed by atoms with van der Waals surface area (Å²) in [7, 11) is 0. The van der Waals surface area contributed by atoms with Crippen molar-refractivity contribution in [2.75, 3.05) is 13.1 Å². The van der Waals surface area contributed by atoms with E-state index in [2.05, 4.69) is 36.2 Å². The van der Waals surface area contributed by atoms with Crippen LogP contribution < -0.4 is 0 Å². The second kappa shape index (κ2) is 9.92. The highest BCUT2D eigenvalue weighted by Crippen LogP contribution is 2.36. The first kappa shape index (κ1) is 25.4. The summed E-state index contributed by atoms with van der Waals surface area (Å²) in [6.45, 7) is 6.55. The SMILES string of the molecule is Cc1cccc(C)c1C1CC(c2csc(C3CCN(C(=O)Cn4nc(C(F)(F)F)cc4C)CC3)n2)=NO1. The number of nitrogens with zero attached hydrogens (tertiary/aromatic N) is 5. The number of amides is 1. The van der Waals surface area contributed by atoms with Crippen molar-refractivity contribution in [3.8, 4) is 0 Å². The lowest BCUT2D eigenvalue weighted by Gasteiger charge is -2.31. The highest BCUT2D eigenvalue weighted by molar-refractivity contribution is 7.10. The van der Waals surface area contributed by atoms with Crippen LogP contribution in [0, 0.1) is 20.8 Å². The molecule has 37 heavy (non-hydrogen) atoms. The third kappa shape index (κ3) is 5.27. The van der Waals surface area contributed by atoms with Gasteiger partial charge in [-0.3, -0.25) is 9.48 Å². The standard InChI is InChI=1S/C26H28F3N5O2S/c1-15-5-4-6-16(2)24(15)21-12-19(32-36-21)20-14-37-25(30-20)18-7-9-33(10-8-18)23(35)13-34-17(3)11-22(31-34)26(27,28)29/h4-6,11,14,18,21H,7-10,12-13H2,1-3H3. The molecule has 2 aromatic heterocycles. The van der Waals surface area contributed by atoms with Crippen molar-refractivity contribution in [2.45, 2.75) is 64.8 Å². The third-order valence-electron chi connectivity index (χ3n) is 7.10. The molecule has 0 spiro atoms. The number of likely N-dealkylation sites (tertiary alicyclic amines) is 1. The van der Waals surface area contributed by atoms with Gasteiger partial charge in [0.15, 0.2) is 11.8 Å². The van der Waals surface area contributed by atoms with Gasteiger partial charge in [0.1, 0.15) is 12.3 Å². The molecular weight excluding hydrogens is 503 g/mol. The molecule has 11 heteroatoms. The van der Waals surface area contributed by atoms with Crippen molar-refractivity contribution in [1.82, 2.24) is 19.7 Å². The topological polar surface area (TPSA) is 72.6 Å². The molecule has 0 N–H and O–H groups in total. The van der Waals surface area contributed by atoms with E-state index in [0.717, 1.165) is 40.0 Å². The molecule has 1 fully saturated rings. The van der Waals surface area contributed by atoms with E-state index in [4.69, 9.17) is 9.82 Å². The first-order valence-corrected chi connectivity index (χ1v) is 13.1. The van der Waals surface area contributed by atoms with E-state index in [1.54, 1.807) is 16.2 Å². The molecule has 3 aromatic rings. The van der Waals surface area contributed by atoms with E-state index in [1.165, 1.54) is 23.6 Å². The molecule has 1 saturated heterocycles. The first-order valence-electron chi connectivity index (χ1n) is 12.2. The fourth-order valence-corrected chi connectivity index (χ4v) is 6.04. The Labute approximate surface area is 216 Å². The maximum absolute atomic E-state index is 12.9. The number of hydrogen-bond acceptors (Lipinski definition) is 6. The number of hydrogen-bond donors (Lipinski definition) is 0. The molecule has 7 nitrogen and oxygen atoms in total. The van der Waals surface area contributed by atoms with E-state index >= 15 is 0 Å². The lowest BCUT2D eigenvalue weighted by atomic mass is 9.95. The average molecular weight is 532 g/mol. The number of halogens is 3. The summed E-state index contributed by atoms with van der Waals surface area (Å²) in [5.74, 6) is -0.00314. The Morgan fingerprint density at radius 3 is 2.51 bits per heavy atom. The van der Waals surface area contributed by atoms with Gasteiger partial charge in [0.2, 0.25) is 5.91 Å². The van der Waals surface area contributed by atoms with Gasteiger partial charge in [0.05, 0.1) is 10.7 Å². The van der Waals surface area contributed by atoms with Crippen molar-refractivity contribution in [1.29, 1.82) is 0 Å². The normalized spacial score (nSPS) is 18.7. The van der Waals surface area contributed by atoms with Gasteiger partial charge < -0.3 is 9.74 Å². The zero-order valence-electron chi connectivity index (χ0n) is 20.9. The molecule has 5 rings (SSSR count). The molecule has 196 valence electrons. The monoisotopic (exact) mass is 531 g/mol. The number of aryl methyl sites for hydroxylation is 3. The summed E-state index contributed by atoms with van der Waals surface area (Å²) < 4.78 is 39.9.